The molecule has 9 heteroatoms. The van der Waals surface area contributed by atoms with E-state index >= 15 is 4.39 Å². The molecule has 1 atom stereocenters. The summed E-state index contributed by atoms with van der Waals surface area (Å²) in [5.74, 6) is 0.194. The Morgan fingerprint density at radius 1 is 1.15 bits per heavy atom. The minimum Gasteiger partial charge on any atom is -0.375 e. The molecule has 0 spiro atoms. The molecule has 2 aromatic carbocycles. The first-order valence-electron chi connectivity index (χ1n) is 11.7. The smallest absolute Gasteiger partial charge is 0.184 e. The van der Waals surface area contributed by atoms with Crippen molar-refractivity contribution in [2.75, 3.05) is 50.1 Å². The normalized spacial score (nSPS) is 19.4. The summed E-state index contributed by atoms with van der Waals surface area (Å²) in [6.45, 7) is 3.39. The number of anilines is 2. The summed E-state index contributed by atoms with van der Waals surface area (Å²) in [4.78, 5) is 6.72. The SMILES string of the molecule is CN(C)[C@@H]1CCN(c2cc(N3CCC(c4cccc(Cl)c4)CC3)c(F)cc2/C=N/NC(N)=S)C1. The second-order valence-corrected chi connectivity index (χ2v) is 10.1. The fourth-order valence-electron chi connectivity index (χ4n) is 4.95. The molecule has 0 amide bonds. The minimum absolute atomic E-state index is 0.0753. The van der Waals surface area contributed by atoms with E-state index in [1.807, 2.05) is 24.3 Å². The Bertz CT molecular complexity index is 1050. The molecule has 6 nitrogen and oxygen atoms in total. The number of hydrazone groups is 1. The van der Waals surface area contributed by atoms with Crippen molar-refractivity contribution in [1.82, 2.24) is 10.3 Å². The second-order valence-electron chi connectivity index (χ2n) is 9.27. The van der Waals surface area contributed by atoms with Gasteiger partial charge in [0.15, 0.2) is 5.11 Å². The summed E-state index contributed by atoms with van der Waals surface area (Å²) in [6, 6.07) is 12.1. The van der Waals surface area contributed by atoms with Gasteiger partial charge in [0.05, 0.1) is 11.9 Å². The van der Waals surface area contributed by atoms with E-state index < -0.39 is 0 Å². The average Bonchev–Trinajstić information content (AvgIpc) is 3.30. The summed E-state index contributed by atoms with van der Waals surface area (Å²) in [6.07, 6.45) is 4.58. The Labute approximate surface area is 211 Å². The van der Waals surface area contributed by atoms with E-state index in [9.17, 15) is 0 Å². The molecule has 0 aromatic heterocycles. The molecule has 0 unspecified atom stereocenters. The molecule has 0 aliphatic carbocycles. The minimum atomic E-state index is -0.245. The third-order valence-electron chi connectivity index (χ3n) is 6.86. The summed E-state index contributed by atoms with van der Waals surface area (Å²) in [7, 11) is 4.20. The molecule has 2 fully saturated rings. The molecule has 2 aromatic rings. The topological polar surface area (TPSA) is 60.1 Å². The third kappa shape index (κ3) is 5.79. The summed E-state index contributed by atoms with van der Waals surface area (Å²) < 4.78 is 15.3. The van der Waals surface area contributed by atoms with Gasteiger partial charge in [0.1, 0.15) is 5.82 Å². The van der Waals surface area contributed by atoms with Crippen LogP contribution in [-0.2, 0) is 0 Å². The van der Waals surface area contributed by atoms with Crippen LogP contribution in [0.3, 0.4) is 0 Å². The van der Waals surface area contributed by atoms with Gasteiger partial charge in [-0.2, -0.15) is 5.10 Å². The number of hydrogen-bond donors (Lipinski definition) is 2. The molecule has 2 aliphatic rings. The van der Waals surface area contributed by atoms with Crippen LogP contribution >= 0.6 is 23.8 Å². The van der Waals surface area contributed by atoms with Gasteiger partial charge in [-0.05, 0) is 81.3 Å². The van der Waals surface area contributed by atoms with E-state index in [1.165, 1.54) is 5.56 Å². The highest BCUT2D eigenvalue weighted by Crippen LogP contribution is 2.36. The standard InChI is InChI=1S/C25H32ClFN6S/c1-31(2)21-8-11-33(16-21)23-14-24(22(27)13-19(23)15-29-30-25(28)34)32-9-6-17(7-10-32)18-4-3-5-20(26)12-18/h3-5,12-15,17,21H,6-11,16H2,1-2H3,(H3,28,30,34)/b29-15+/t21-/m1/s1. The first-order chi connectivity index (χ1) is 16.3. The molecular weight excluding hydrogens is 471 g/mol. The summed E-state index contributed by atoms with van der Waals surface area (Å²) in [5, 5.41) is 4.93. The molecule has 0 saturated carbocycles. The van der Waals surface area contributed by atoms with Crippen molar-refractivity contribution in [3.63, 3.8) is 0 Å². The number of piperidine rings is 1. The number of halogens is 2. The number of likely N-dealkylation sites (N-methyl/N-ethyl adjacent to an activating group) is 1. The Balaban J connectivity index is 1.57. The number of hydrogen-bond acceptors (Lipinski definition) is 5. The van der Waals surface area contributed by atoms with Crippen molar-refractivity contribution >= 4 is 46.5 Å². The van der Waals surface area contributed by atoms with E-state index in [2.05, 4.69) is 45.4 Å². The van der Waals surface area contributed by atoms with Crippen LogP contribution < -0.4 is 21.0 Å². The predicted octanol–water partition coefficient (Wildman–Crippen LogP) is 4.17. The Kier molecular flexibility index (Phi) is 7.91. The molecular formula is C25H32ClFN6S. The molecule has 2 saturated heterocycles. The van der Waals surface area contributed by atoms with E-state index in [4.69, 9.17) is 29.6 Å². The first kappa shape index (κ1) is 24.7. The number of rotatable bonds is 6. The molecule has 2 aliphatic heterocycles. The van der Waals surface area contributed by atoms with E-state index in [1.54, 1.807) is 12.3 Å². The van der Waals surface area contributed by atoms with Gasteiger partial charge in [-0.1, -0.05) is 23.7 Å². The van der Waals surface area contributed by atoms with Gasteiger partial charge in [-0.3, -0.25) is 5.43 Å². The highest BCUT2D eigenvalue weighted by molar-refractivity contribution is 7.80. The summed E-state index contributed by atoms with van der Waals surface area (Å²) >= 11 is 11.0. The maximum atomic E-state index is 15.3. The van der Waals surface area contributed by atoms with Gasteiger partial charge in [0, 0.05) is 48.5 Å². The molecule has 0 bridgehead atoms. The molecule has 182 valence electrons. The predicted molar refractivity (Wildman–Crippen MR) is 144 cm³/mol. The second kappa shape index (κ2) is 10.9. The number of benzene rings is 2. The number of nitrogens with zero attached hydrogens (tertiary/aromatic N) is 4. The molecule has 3 N–H and O–H groups in total. The lowest BCUT2D eigenvalue weighted by atomic mass is 9.89. The van der Waals surface area contributed by atoms with Crippen molar-refractivity contribution in [2.24, 2.45) is 10.8 Å². The van der Waals surface area contributed by atoms with Gasteiger partial charge in [0.25, 0.3) is 0 Å². The van der Waals surface area contributed by atoms with Crippen LogP contribution in [0.4, 0.5) is 15.8 Å². The lowest BCUT2D eigenvalue weighted by Gasteiger charge is -2.35. The van der Waals surface area contributed by atoms with Crippen LogP contribution in [0, 0.1) is 5.82 Å². The van der Waals surface area contributed by atoms with Crippen molar-refractivity contribution in [2.45, 2.75) is 31.2 Å². The lowest BCUT2D eigenvalue weighted by molar-refractivity contribution is 0.315. The maximum absolute atomic E-state index is 15.3. The van der Waals surface area contributed by atoms with Gasteiger partial charge in [0.2, 0.25) is 0 Å². The fraction of sp³-hybridized carbons (Fsp3) is 0.440. The Morgan fingerprint density at radius 3 is 2.53 bits per heavy atom. The third-order valence-corrected chi connectivity index (χ3v) is 7.19. The molecule has 4 rings (SSSR count). The van der Waals surface area contributed by atoms with E-state index in [-0.39, 0.29) is 10.9 Å². The Morgan fingerprint density at radius 2 is 1.88 bits per heavy atom. The van der Waals surface area contributed by atoms with Crippen molar-refractivity contribution in [3.05, 3.63) is 58.4 Å². The molecule has 0 radical (unpaired) electrons. The van der Waals surface area contributed by atoms with Crippen LogP contribution in [0.25, 0.3) is 0 Å². The largest absolute Gasteiger partial charge is 0.375 e. The van der Waals surface area contributed by atoms with Gasteiger partial charge >= 0.3 is 0 Å². The van der Waals surface area contributed by atoms with Gasteiger partial charge in [-0.25, -0.2) is 4.39 Å². The van der Waals surface area contributed by atoms with E-state index in [0.29, 0.717) is 23.2 Å². The lowest BCUT2D eigenvalue weighted by Crippen LogP contribution is -2.34. The Hall–Kier alpha value is -2.42. The zero-order chi connectivity index (χ0) is 24.2. The van der Waals surface area contributed by atoms with Crippen molar-refractivity contribution in [3.8, 4) is 0 Å². The van der Waals surface area contributed by atoms with Gasteiger partial charge < -0.3 is 20.4 Å². The average molecular weight is 503 g/mol. The van der Waals surface area contributed by atoms with Crippen molar-refractivity contribution in [1.29, 1.82) is 0 Å². The van der Waals surface area contributed by atoms with Crippen LogP contribution in [-0.4, -0.2) is 62.5 Å². The number of nitrogens with two attached hydrogens (primary N) is 1. The quantitative estimate of drug-likeness (QED) is 0.351. The number of nitrogens with one attached hydrogen (secondary N) is 1. The van der Waals surface area contributed by atoms with E-state index in [0.717, 1.165) is 56.2 Å². The zero-order valence-corrected chi connectivity index (χ0v) is 21.2. The maximum Gasteiger partial charge on any atom is 0.184 e. The number of thiocarbonyl (C=S) groups is 1. The molecule has 34 heavy (non-hydrogen) atoms. The van der Waals surface area contributed by atoms with Crippen LogP contribution in [0.1, 0.15) is 36.3 Å². The van der Waals surface area contributed by atoms with Crippen molar-refractivity contribution < 1.29 is 4.39 Å². The first-order valence-corrected chi connectivity index (χ1v) is 12.4. The van der Waals surface area contributed by atoms with Crippen LogP contribution in [0.5, 0.6) is 0 Å². The highest BCUT2D eigenvalue weighted by Gasteiger charge is 2.28. The van der Waals surface area contributed by atoms with Crippen LogP contribution in [0.15, 0.2) is 41.5 Å². The highest BCUT2D eigenvalue weighted by atomic mass is 35.5. The monoisotopic (exact) mass is 502 g/mol. The fourth-order valence-corrected chi connectivity index (χ4v) is 5.20. The molecule has 2 heterocycles. The zero-order valence-electron chi connectivity index (χ0n) is 19.7. The van der Waals surface area contributed by atoms with Gasteiger partial charge in [-0.15, -0.1) is 0 Å². The van der Waals surface area contributed by atoms with Crippen LogP contribution in [0.2, 0.25) is 5.02 Å². The summed E-state index contributed by atoms with van der Waals surface area (Å²) in [5.41, 5.74) is 11.6.